The van der Waals surface area contributed by atoms with Gasteiger partial charge in [-0.2, -0.15) is 0 Å². The van der Waals surface area contributed by atoms with Crippen LogP contribution in [0.4, 0.5) is 5.69 Å². The van der Waals surface area contributed by atoms with Crippen LogP contribution >= 0.6 is 0 Å². The smallest absolute Gasteiger partial charge is 0.241 e. The number of carbonyl (C=O) groups excluding carboxylic acids is 1. The normalized spacial score (nSPS) is 12.7. The van der Waals surface area contributed by atoms with Crippen molar-refractivity contribution in [2.24, 2.45) is 0 Å². The first kappa shape index (κ1) is 17.2. The van der Waals surface area contributed by atoms with Gasteiger partial charge in [-0.1, -0.05) is 24.3 Å². The van der Waals surface area contributed by atoms with Crippen LogP contribution in [0, 0.1) is 6.92 Å². The first-order valence-electron chi connectivity index (χ1n) is 7.25. The van der Waals surface area contributed by atoms with Gasteiger partial charge in [0.25, 0.3) is 0 Å². The summed E-state index contributed by atoms with van der Waals surface area (Å²) in [5, 5.41) is 2.60. The van der Waals surface area contributed by atoms with Crippen LogP contribution < -0.4 is 10.0 Å². The Morgan fingerprint density at radius 2 is 1.65 bits per heavy atom. The Kier molecular flexibility index (Phi) is 5.18. The Labute approximate surface area is 136 Å². The standard InChI is InChI=1S/C17H20N2O3S/c1-12-6-4-5-7-17(12)13(2)19-23(21,22)16-10-8-15(9-11-16)18-14(3)20/h4-11,13,19H,1-3H3,(H,18,20). The maximum absolute atomic E-state index is 12.5. The quantitative estimate of drug-likeness (QED) is 0.884. The van der Waals surface area contributed by atoms with Crippen LogP contribution in [0.2, 0.25) is 0 Å². The predicted molar refractivity (Wildman–Crippen MR) is 90.7 cm³/mol. The molecular weight excluding hydrogens is 312 g/mol. The summed E-state index contributed by atoms with van der Waals surface area (Å²) in [4.78, 5) is 11.1. The summed E-state index contributed by atoms with van der Waals surface area (Å²) in [6.45, 7) is 5.16. The zero-order chi connectivity index (χ0) is 17.0. The second kappa shape index (κ2) is 6.93. The lowest BCUT2D eigenvalue weighted by atomic mass is 10.0. The number of hydrogen-bond acceptors (Lipinski definition) is 3. The lowest BCUT2D eigenvalue weighted by molar-refractivity contribution is -0.114. The molecule has 2 aromatic rings. The molecule has 0 radical (unpaired) electrons. The molecule has 0 saturated heterocycles. The second-order valence-corrected chi connectivity index (χ2v) is 7.12. The number of carbonyl (C=O) groups is 1. The van der Waals surface area contributed by atoms with Gasteiger partial charge in [0.05, 0.1) is 4.90 Å². The third-order valence-electron chi connectivity index (χ3n) is 3.47. The van der Waals surface area contributed by atoms with Gasteiger partial charge in [-0.05, 0) is 49.2 Å². The van der Waals surface area contributed by atoms with E-state index in [9.17, 15) is 13.2 Å². The summed E-state index contributed by atoms with van der Waals surface area (Å²) < 4.78 is 27.6. The molecule has 0 aliphatic carbocycles. The van der Waals surface area contributed by atoms with E-state index in [0.717, 1.165) is 11.1 Å². The highest BCUT2D eigenvalue weighted by molar-refractivity contribution is 7.89. The van der Waals surface area contributed by atoms with Crippen molar-refractivity contribution in [3.63, 3.8) is 0 Å². The van der Waals surface area contributed by atoms with Crippen molar-refractivity contribution in [3.8, 4) is 0 Å². The highest BCUT2D eigenvalue weighted by atomic mass is 32.2. The summed E-state index contributed by atoms with van der Waals surface area (Å²) in [6, 6.07) is 13.4. The lowest BCUT2D eigenvalue weighted by Gasteiger charge is -2.17. The van der Waals surface area contributed by atoms with E-state index in [1.807, 2.05) is 38.1 Å². The zero-order valence-corrected chi connectivity index (χ0v) is 14.1. The highest BCUT2D eigenvalue weighted by Gasteiger charge is 2.19. The van der Waals surface area contributed by atoms with Crippen molar-refractivity contribution in [3.05, 3.63) is 59.7 Å². The predicted octanol–water partition coefficient (Wildman–Crippen LogP) is 2.99. The van der Waals surface area contributed by atoms with Gasteiger partial charge in [-0.3, -0.25) is 4.79 Å². The first-order valence-corrected chi connectivity index (χ1v) is 8.73. The fourth-order valence-electron chi connectivity index (χ4n) is 2.36. The largest absolute Gasteiger partial charge is 0.326 e. The molecule has 2 N–H and O–H groups in total. The van der Waals surface area contributed by atoms with Crippen LogP contribution in [0.3, 0.4) is 0 Å². The molecule has 23 heavy (non-hydrogen) atoms. The Morgan fingerprint density at radius 3 is 2.22 bits per heavy atom. The Balaban J connectivity index is 2.18. The maximum Gasteiger partial charge on any atom is 0.241 e. The van der Waals surface area contributed by atoms with E-state index in [0.29, 0.717) is 5.69 Å². The van der Waals surface area contributed by atoms with E-state index < -0.39 is 10.0 Å². The number of nitrogens with one attached hydrogen (secondary N) is 2. The van der Waals surface area contributed by atoms with Crippen LogP contribution in [-0.2, 0) is 14.8 Å². The number of hydrogen-bond donors (Lipinski definition) is 2. The number of anilines is 1. The van der Waals surface area contributed by atoms with Crippen molar-refractivity contribution in [2.45, 2.75) is 31.7 Å². The van der Waals surface area contributed by atoms with E-state index in [-0.39, 0.29) is 16.8 Å². The molecule has 0 aromatic heterocycles. The number of rotatable bonds is 5. The molecule has 0 fully saturated rings. The molecule has 0 bridgehead atoms. The number of sulfonamides is 1. The van der Waals surface area contributed by atoms with E-state index in [1.54, 1.807) is 12.1 Å². The van der Waals surface area contributed by atoms with Gasteiger partial charge < -0.3 is 5.32 Å². The van der Waals surface area contributed by atoms with Gasteiger partial charge >= 0.3 is 0 Å². The molecule has 2 rings (SSSR count). The lowest BCUT2D eigenvalue weighted by Crippen LogP contribution is -2.27. The van der Waals surface area contributed by atoms with Crippen LogP contribution in [0.15, 0.2) is 53.4 Å². The van der Waals surface area contributed by atoms with Gasteiger partial charge in [0.2, 0.25) is 15.9 Å². The minimum Gasteiger partial charge on any atom is -0.326 e. The van der Waals surface area contributed by atoms with Crippen molar-refractivity contribution in [1.29, 1.82) is 0 Å². The number of benzene rings is 2. The molecular formula is C17H20N2O3S. The first-order chi connectivity index (χ1) is 10.8. The Hall–Kier alpha value is -2.18. The summed E-state index contributed by atoms with van der Waals surface area (Å²) >= 11 is 0. The Morgan fingerprint density at radius 1 is 1.04 bits per heavy atom. The van der Waals surface area contributed by atoms with E-state index in [1.165, 1.54) is 19.1 Å². The van der Waals surface area contributed by atoms with Gasteiger partial charge in [-0.15, -0.1) is 0 Å². The molecule has 0 saturated carbocycles. The van der Waals surface area contributed by atoms with E-state index >= 15 is 0 Å². The molecule has 2 aromatic carbocycles. The molecule has 1 unspecified atom stereocenters. The molecule has 0 aliphatic heterocycles. The monoisotopic (exact) mass is 332 g/mol. The topological polar surface area (TPSA) is 75.3 Å². The number of aryl methyl sites for hydroxylation is 1. The third kappa shape index (κ3) is 4.40. The average molecular weight is 332 g/mol. The summed E-state index contributed by atoms with van der Waals surface area (Å²) in [5.41, 5.74) is 2.53. The van der Waals surface area contributed by atoms with Gasteiger partial charge in [0.1, 0.15) is 0 Å². The number of amides is 1. The molecule has 0 heterocycles. The average Bonchev–Trinajstić information content (AvgIpc) is 2.47. The van der Waals surface area contributed by atoms with Gasteiger partial charge in [-0.25, -0.2) is 13.1 Å². The van der Waals surface area contributed by atoms with E-state index in [2.05, 4.69) is 10.0 Å². The fraction of sp³-hybridized carbons (Fsp3) is 0.235. The summed E-state index contributed by atoms with van der Waals surface area (Å²) in [7, 11) is -3.63. The molecule has 0 spiro atoms. The molecule has 1 amide bonds. The molecule has 6 heteroatoms. The minimum atomic E-state index is -3.63. The molecule has 1 atom stereocenters. The van der Waals surface area contributed by atoms with Crippen molar-refractivity contribution in [2.75, 3.05) is 5.32 Å². The van der Waals surface area contributed by atoms with Crippen molar-refractivity contribution < 1.29 is 13.2 Å². The van der Waals surface area contributed by atoms with Crippen LogP contribution in [0.1, 0.15) is 31.0 Å². The zero-order valence-electron chi connectivity index (χ0n) is 13.3. The van der Waals surface area contributed by atoms with Gasteiger partial charge in [0.15, 0.2) is 0 Å². The molecule has 122 valence electrons. The van der Waals surface area contributed by atoms with Gasteiger partial charge in [0, 0.05) is 18.7 Å². The van der Waals surface area contributed by atoms with Crippen LogP contribution in [0.5, 0.6) is 0 Å². The summed E-state index contributed by atoms with van der Waals surface area (Å²) in [6.07, 6.45) is 0. The molecule has 5 nitrogen and oxygen atoms in total. The van der Waals surface area contributed by atoms with Crippen molar-refractivity contribution >= 4 is 21.6 Å². The minimum absolute atomic E-state index is 0.159. The second-order valence-electron chi connectivity index (χ2n) is 5.41. The van der Waals surface area contributed by atoms with Crippen LogP contribution in [-0.4, -0.2) is 14.3 Å². The maximum atomic E-state index is 12.5. The SMILES string of the molecule is CC(=O)Nc1ccc(S(=O)(=O)NC(C)c2ccccc2C)cc1. The van der Waals surface area contributed by atoms with E-state index in [4.69, 9.17) is 0 Å². The fourth-order valence-corrected chi connectivity index (χ4v) is 3.58. The molecule has 0 aliphatic rings. The van der Waals surface area contributed by atoms with Crippen molar-refractivity contribution in [1.82, 2.24) is 4.72 Å². The summed E-state index contributed by atoms with van der Waals surface area (Å²) in [5.74, 6) is -0.202. The Bertz CT molecular complexity index is 799. The van der Waals surface area contributed by atoms with Crippen LogP contribution in [0.25, 0.3) is 0 Å². The third-order valence-corrected chi connectivity index (χ3v) is 5.03. The highest BCUT2D eigenvalue weighted by Crippen LogP contribution is 2.20.